The van der Waals surface area contributed by atoms with Gasteiger partial charge in [-0.3, -0.25) is 14.4 Å². The van der Waals surface area contributed by atoms with Crippen molar-refractivity contribution in [3.63, 3.8) is 0 Å². The molecule has 3 amide bonds. The van der Waals surface area contributed by atoms with Gasteiger partial charge in [-0.25, -0.2) is 0 Å². The summed E-state index contributed by atoms with van der Waals surface area (Å²) < 4.78 is 12.3. The van der Waals surface area contributed by atoms with E-state index < -0.39 is 47.9 Å². The second-order valence-electron chi connectivity index (χ2n) is 15.4. The number of aliphatic hydroxyl groups is 2. The van der Waals surface area contributed by atoms with Crippen molar-refractivity contribution in [2.45, 2.75) is 110 Å². The van der Waals surface area contributed by atoms with Crippen LogP contribution in [0.4, 0.5) is 0 Å². The van der Waals surface area contributed by atoms with E-state index in [4.69, 9.17) is 15.2 Å². The molecule has 0 spiro atoms. The first-order valence-electron chi connectivity index (χ1n) is 21.0. The molecule has 0 aromatic heterocycles. The van der Waals surface area contributed by atoms with E-state index in [0.29, 0.717) is 44.2 Å². The molecule has 0 aliphatic rings. The SMILES string of the molecule is CCCCNC(=O)[C@H](C[C@H](O)[C@H](Cc1cccc(OCc2ccccc2)c1)N[C@@H](Cc1cccc(OCc2ccccc2)c1)[C@@H](O)C[C@@H](C)C(=O)NCCCC)C(N)=O. The molecule has 7 N–H and O–H groups in total. The van der Waals surface area contributed by atoms with E-state index >= 15 is 0 Å². The molecule has 0 heterocycles. The summed E-state index contributed by atoms with van der Waals surface area (Å²) in [4.78, 5) is 38.9. The Morgan fingerprint density at radius 1 is 0.610 bits per heavy atom. The normalized spacial score (nSPS) is 14.3. The summed E-state index contributed by atoms with van der Waals surface area (Å²) in [5, 5.41) is 33.3. The molecule has 11 heteroatoms. The number of unbranched alkanes of at least 4 members (excludes halogenated alkanes) is 2. The number of rotatable bonds is 27. The number of hydrogen-bond acceptors (Lipinski definition) is 8. The molecule has 4 rings (SSSR count). The Morgan fingerprint density at radius 3 is 1.51 bits per heavy atom. The van der Waals surface area contributed by atoms with Crippen LogP contribution in [0.2, 0.25) is 0 Å². The summed E-state index contributed by atoms with van der Waals surface area (Å²) in [5.41, 5.74) is 9.49. The summed E-state index contributed by atoms with van der Waals surface area (Å²) in [7, 11) is 0. The largest absolute Gasteiger partial charge is 0.489 e. The van der Waals surface area contributed by atoms with Gasteiger partial charge in [0.15, 0.2) is 0 Å². The van der Waals surface area contributed by atoms with Crippen LogP contribution in [0.1, 0.15) is 81.5 Å². The van der Waals surface area contributed by atoms with Crippen LogP contribution < -0.4 is 31.2 Å². The van der Waals surface area contributed by atoms with Gasteiger partial charge >= 0.3 is 0 Å². The van der Waals surface area contributed by atoms with Gasteiger partial charge in [-0.15, -0.1) is 0 Å². The molecule has 0 aliphatic heterocycles. The molecule has 0 radical (unpaired) electrons. The lowest BCUT2D eigenvalue weighted by Crippen LogP contribution is -2.54. The van der Waals surface area contributed by atoms with Crippen LogP contribution in [0.3, 0.4) is 0 Å². The average molecular weight is 809 g/mol. The molecular weight excluding hydrogens is 745 g/mol. The average Bonchev–Trinajstić information content (AvgIpc) is 3.24. The molecular formula is C48H64N4O7. The van der Waals surface area contributed by atoms with Crippen molar-refractivity contribution in [2.24, 2.45) is 17.6 Å². The third-order valence-electron chi connectivity index (χ3n) is 10.4. The number of carbonyl (C=O) groups excluding carboxylic acids is 3. The number of aliphatic hydroxyl groups excluding tert-OH is 2. The highest BCUT2D eigenvalue weighted by Gasteiger charge is 2.34. The summed E-state index contributed by atoms with van der Waals surface area (Å²) in [5.74, 6) is -2.00. The zero-order valence-electron chi connectivity index (χ0n) is 34.9. The first kappa shape index (κ1) is 46.5. The van der Waals surface area contributed by atoms with Crippen LogP contribution in [0.15, 0.2) is 109 Å². The smallest absolute Gasteiger partial charge is 0.232 e. The van der Waals surface area contributed by atoms with Gasteiger partial charge in [-0.1, -0.05) is 119 Å². The lowest BCUT2D eigenvalue weighted by molar-refractivity contribution is -0.135. The number of primary amides is 1. The zero-order valence-corrected chi connectivity index (χ0v) is 34.9. The third-order valence-corrected chi connectivity index (χ3v) is 10.4. The Kier molecular flexibility index (Phi) is 19.9. The molecule has 11 nitrogen and oxygen atoms in total. The second kappa shape index (κ2) is 25.3. The van der Waals surface area contributed by atoms with Gasteiger partial charge in [0.05, 0.1) is 12.2 Å². The number of nitrogens with two attached hydrogens (primary N) is 1. The fourth-order valence-corrected chi connectivity index (χ4v) is 6.87. The Hall–Kier alpha value is -5.23. The highest BCUT2D eigenvalue weighted by atomic mass is 16.5. The fraction of sp³-hybridized carbons (Fsp3) is 0.438. The van der Waals surface area contributed by atoms with Gasteiger partial charge in [-0.2, -0.15) is 0 Å². The summed E-state index contributed by atoms with van der Waals surface area (Å²) in [6.45, 7) is 7.55. The Bertz CT molecular complexity index is 1840. The Morgan fingerprint density at radius 2 is 1.05 bits per heavy atom. The molecule has 318 valence electrons. The topological polar surface area (TPSA) is 172 Å². The Labute approximate surface area is 350 Å². The molecule has 4 aromatic rings. The minimum atomic E-state index is -1.28. The van der Waals surface area contributed by atoms with Crippen molar-refractivity contribution in [3.05, 3.63) is 131 Å². The standard InChI is InChI=1S/C48H64N4O7/c1-4-6-24-50-47(56)34(3)26-44(53)42(29-37-20-14-22-39(27-37)58-32-35-16-10-8-11-17-35)52-43(45(54)31-41(46(49)55)48(57)51-25-7-5-2)30-38-21-15-23-40(28-38)59-33-36-18-12-9-13-19-36/h8-23,27-28,34,41-45,52-54H,4-7,24-26,29-33H2,1-3H3,(H2,49,55)(H,50,56)(H,51,57)/t34-,41-,42+,43+,44+,45+/m1/s1. The van der Waals surface area contributed by atoms with Crippen molar-refractivity contribution in [2.75, 3.05) is 13.1 Å². The highest BCUT2D eigenvalue weighted by Crippen LogP contribution is 2.23. The number of benzene rings is 4. The lowest BCUT2D eigenvalue weighted by atomic mass is 9.89. The predicted octanol–water partition coefficient (Wildman–Crippen LogP) is 6.03. The number of carbonyl (C=O) groups is 3. The summed E-state index contributed by atoms with van der Waals surface area (Å²) in [6, 6.07) is 33.4. The molecule has 0 saturated heterocycles. The first-order valence-corrected chi connectivity index (χ1v) is 21.0. The van der Waals surface area contributed by atoms with E-state index in [0.717, 1.165) is 47.9 Å². The number of nitrogens with one attached hydrogen (secondary N) is 3. The molecule has 0 bridgehead atoms. The van der Waals surface area contributed by atoms with Crippen molar-refractivity contribution in [3.8, 4) is 11.5 Å². The lowest BCUT2D eigenvalue weighted by Gasteiger charge is -2.34. The van der Waals surface area contributed by atoms with Crippen LogP contribution in [-0.2, 0) is 40.4 Å². The minimum absolute atomic E-state index is 0.144. The van der Waals surface area contributed by atoms with Gasteiger partial charge < -0.3 is 41.4 Å². The quantitative estimate of drug-likeness (QED) is 0.0313. The minimum Gasteiger partial charge on any atom is -0.489 e. The summed E-state index contributed by atoms with van der Waals surface area (Å²) in [6.07, 6.45) is 1.59. The molecule has 6 atom stereocenters. The number of amides is 3. The van der Waals surface area contributed by atoms with E-state index in [1.165, 1.54) is 0 Å². The number of hydrogen-bond donors (Lipinski definition) is 6. The maximum absolute atomic E-state index is 13.2. The van der Waals surface area contributed by atoms with Gasteiger partial charge in [0.25, 0.3) is 0 Å². The summed E-state index contributed by atoms with van der Waals surface area (Å²) >= 11 is 0. The predicted molar refractivity (Wildman–Crippen MR) is 231 cm³/mol. The van der Waals surface area contributed by atoms with Crippen LogP contribution in [0, 0.1) is 11.8 Å². The van der Waals surface area contributed by atoms with Crippen molar-refractivity contribution >= 4 is 17.7 Å². The monoisotopic (exact) mass is 808 g/mol. The molecule has 0 aliphatic carbocycles. The van der Waals surface area contributed by atoms with E-state index in [2.05, 4.69) is 22.9 Å². The van der Waals surface area contributed by atoms with Gasteiger partial charge in [0.1, 0.15) is 30.6 Å². The van der Waals surface area contributed by atoms with Crippen LogP contribution in [0.5, 0.6) is 11.5 Å². The van der Waals surface area contributed by atoms with Gasteiger partial charge in [-0.05, 0) is 85.0 Å². The maximum Gasteiger partial charge on any atom is 0.232 e. The van der Waals surface area contributed by atoms with E-state index in [1.54, 1.807) is 6.92 Å². The van der Waals surface area contributed by atoms with Crippen LogP contribution in [0.25, 0.3) is 0 Å². The highest BCUT2D eigenvalue weighted by molar-refractivity contribution is 5.99. The van der Waals surface area contributed by atoms with E-state index in [-0.39, 0.29) is 25.2 Å². The number of ether oxygens (including phenoxy) is 2. The van der Waals surface area contributed by atoms with Crippen LogP contribution >= 0.6 is 0 Å². The fourth-order valence-electron chi connectivity index (χ4n) is 6.87. The van der Waals surface area contributed by atoms with Gasteiger partial charge in [0.2, 0.25) is 17.7 Å². The maximum atomic E-state index is 13.2. The zero-order chi connectivity index (χ0) is 42.4. The molecule has 0 saturated carbocycles. The second-order valence-corrected chi connectivity index (χ2v) is 15.4. The van der Waals surface area contributed by atoms with Gasteiger partial charge in [0, 0.05) is 31.1 Å². The van der Waals surface area contributed by atoms with E-state index in [9.17, 15) is 24.6 Å². The Balaban J connectivity index is 1.63. The van der Waals surface area contributed by atoms with E-state index in [1.807, 2.05) is 116 Å². The first-order chi connectivity index (χ1) is 28.6. The third kappa shape index (κ3) is 16.5. The van der Waals surface area contributed by atoms with Crippen molar-refractivity contribution in [1.29, 1.82) is 0 Å². The molecule has 4 aromatic carbocycles. The molecule has 0 fully saturated rings. The van der Waals surface area contributed by atoms with Crippen LogP contribution in [-0.4, -0.2) is 65.3 Å². The molecule has 59 heavy (non-hydrogen) atoms. The molecule has 0 unspecified atom stereocenters. The van der Waals surface area contributed by atoms with Crippen molar-refractivity contribution in [1.82, 2.24) is 16.0 Å². The van der Waals surface area contributed by atoms with Crippen molar-refractivity contribution < 1.29 is 34.1 Å².